The summed E-state index contributed by atoms with van der Waals surface area (Å²) >= 11 is 0. The first kappa shape index (κ1) is 16.8. The molecule has 0 atom stereocenters. The van der Waals surface area contributed by atoms with E-state index in [1.54, 1.807) is 31.2 Å². The fraction of sp³-hybridized carbons (Fsp3) is 0.211. The maximum absolute atomic E-state index is 13.7. The summed E-state index contributed by atoms with van der Waals surface area (Å²) < 4.78 is 24.5. The summed E-state index contributed by atoms with van der Waals surface area (Å²) in [5, 5.41) is 3.84. The van der Waals surface area contributed by atoms with E-state index in [0.29, 0.717) is 22.4 Å². The molecule has 0 saturated carbocycles. The Labute approximate surface area is 144 Å². The van der Waals surface area contributed by atoms with Crippen molar-refractivity contribution in [3.8, 4) is 17.1 Å². The summed E-state index contributed by atoms with van der Waals surface area (Å²) in [6, 6.07) is 10.1. The number of ether oxygens (including phenoxy) is 1. The highest BCUT2D eigenvalue weighted by molar-refractivity contribution is 5.96. The molecule has 128 valence electrons. The van der Waals surface area contributed by atoms with Gasteiger partial charge in [-0.3, -0.25) is 4.79 Å². The van der Waals surface area contributed by atoms with E-state index in [2.05, 4.69) is 10.1 Å². The molecule has 0 unspecified atom stereocenters. The molecule has 5 nitrogen and oxygen atoms in total. The number of hydrogen-bond donors (Lipinski definition) is 0. The molecule has 0 saturated heterocycles. The van der Waals surface area contributed by atoms with Crippen LogP contribution in [-0.4, -0.2) is 15.9 Å². The fourth-order valence-corrected chi connectivity index (χ4v) is 2.34. The van der Waals surface area contributed by atoms with Crippen LogP contribution in [0.25, 0.3) is 11.4 Å². The van der Waals surface area contributed by atoms with Gasteiger partial charge in [0.2, 0.25) is 5.82 Å². The fourth-order valence-electron chi connectivity index (χ4n) is 2.34. The first-order valence-corrected chi connectivity index (χ1v) is 7.77. The second kappa shape index (κ2) is 6.84. The number of ketones is 1. The van der Waals surface area contributed by atoms with Crippen molar-refractivity contribution in [2.45, 2.75) is 27.4 Å². The molecule has 0 bridgehead atoms. The number of carbonyl (C=O) groups is 1. The van der Waals surface area contributed by atoms with Crippen molar-refractivity contribution in [3.63, 3.8) is 0 Å². The molecule has 3 rings (SSSR count). The molecule has 6 heteroatoms. The lowest BCUT2D eigenvalue weighted by molar-refractivity contribution is 0.101. The lowest BCUT2D eigenvalue weighted by Crippen LogP contribution is -2.02. The van der Waals surface area contributed by atoms with E-state index >= 15 is 0 Å². The normalized spacial score (nSPS) is 10.7. The molecule has 2 aromatic carbocycles. The molecule has 0 radical (unpaired) electrons. The molecular weight excluding hydrogens is 323 g/mol. The third-order valence-electron chi connectivity index (χ3n) is 3.77. The Morgan fingerprint density at radius 2 is 2.00 bits per heavy atom. The summed E-state index contributed by atoms with van der Waals surface area (Å²) in [7, 11) is 0. The molecule has 0 spiro atoms. The van der Waals surface area contributed by atoms with Gasteiger partial charge in [-0.2, -0.15) is 4.98 Å². The molecule has 0 aliphatic rings. The van der Waals surface area contributed by atoms with Crippen LogP contribution in [0.4, 0.5) is 4.39 Å². The minimum Gasteiger partial charge on any atom is -0.483 e. The standard InChI is InChI=1S/C19H17FN2O3/c1-11-4-7-15(13(3)23)17(8-11)24-10-18-21-19(22-25-18)14-6-5-12(2)16(20)9-14/h4-9H,10H2,1-3H3. The Morgan fingerprint density at radius 1 is 1.20 bits per heavy atom. The van der Waals surface area contributed by atoms with Crippen LogP contribution in [0, 0.1) is 19.7 Å². The van der Waals surface area contributed by atoms with E-state index in [9.17, 15) is 9.18 Å². The van der Waals surface area contributed by atoms with Gasteiger partial charge in [-0.05, 0) is 50.1 Å². The number of aromatic nitrogens is 2. The van der Waals surface area contributed by atoms with Crippen LogP contribution in [0.5, 0.6) is 5.75 Å². The number of hydrogen-bond acceptors (Lipinski definition) is 5. The number of nitrogens with zero attached hydrogens (tertiary/aromatic N) is 2. The van der Waals surface area contributed by atoms with Gasteiger partial charge in [0, 0.05) is 5.56 Å². The number of rotatable bonds is 5. The van der Waals surface area contributed by atoms with E-state index in [0.717, 1.165) is 5.56 Å². The Bertz CT molecular complexity index is 934. The molecule has 0 aliphatic carbocycles. The summed E-state index contributed by atoms with van der Waals surface area (Å²) in [6.07, 6.45) is 0. The van der Waals surface area contributed by atoms with Gasteiger partial charge < -0.3 is 9.26 Å². The minimum absolute atomic E-state index is 0.0189. The molecule has 0 aliphatic heterocycles. The van der Waals surface area contributed by atoms with Gasteiger partial charge in [0.15, 0.2) is 12.4 Å². The van der Waals surface area contributed by atoms with Gasteiger partial charge in [-0.15, -0.1) is 0 Å². The largest absolute Gasteiger partial charge is 0.483 e. The van der Waals surface area contributed by atoms with Crippen molar-refractivity contribution >= 4 is 5.78 Å². The number of benzene rings is 2. The zero-order valence-electron chi connectivity index (χ0n) is 14.2. The molecule has 25 heavy (non-hydrogen) atoms. The Morgan fingerprint density at radius 3 is 2.72 bits per heavy atom. The number of aryl methyl sites for hydroxylation is 2. The topological polar surface area (TPSA) is 65.2 Å². The first-order chi connectivity index (χ1) is 11.9. The van der Waals surface area contributed by atoms with E-state index in [1.165, 1.54) is 13.0 Å². The van der Waals surface area contributed by atoms with Crippen molar-refractivity contribution in [3.05, 3.63) is 64.8 Å². The van der Waals surface area contributed by atoms with Crippen LogP contribution in [0.15, 0.2) is 40.9 Å². The van der Waals surface area contributed by atoms with Gasteiger partial charge in [0.05, 0.1) is 5.56 Å². The predicted molar refractivity (Wildman–Crippen MR) is 89.9 cm³/mol. The van der Waals surface area contributed by atoms with E-state index in [4.69, 9.17) is 9.26 Å². The molecule has 0 fully saturated rings. The SMILES string of the molecule is CC(=O)c1ccc(C)cc1OCc1nc(-c2ccc(C)c(F)c2)no1. The molecule has 1 heterocycles. The highest BCUT2D eigenvalue weighted by atomic mass is 19.1. The monoisotopic (exact) mass is 340 g/mol. The Hall–Kier alpha value is -3.02. The van der Waals surface area contributed by atoms with Crippen LogP contribution in [-0.2, 0) is 6.61 Å². The maximum atomic E-state index is 13.7. The molecular formula is C19H17FN2O3. The molecule has 0 N–H and O–H groups in total. The highest BCUT2D eigenvalue weighted by Gasteiger charge is 2.13. The molecule has 3 aromatic rings. The molecule has 1 aromatic heterocycles. The van der Waals surface area contributed by atoms with Crippen molar-refractivity contribution in [2.24, 2.45) is 0 Å². The van der Waals surface area contributed by atoms with E-state index < -0.39 is 0 Å². The smallest absolute Gasteiger partial charge is 0.264 e. The Balaban J connectivity index is 1.77. The average Bonchev–Trinajstić information content (AvgIpc) is 3.04. The quantitative estimate of drug-likeness (QED) is 0.649. The minimum atomic E-state index is -0.328. The second-order valence-electron chi connectivity index (χ2n) is 5.82. The van der Waals surface area contributed by atoms with Crippen LogP contribution in [0.2, 0.25) is 0 Å². The number of halogens is 1. The summed E-state index contributed by atoms with van der Waals surface area (Å²) in [5.41, 5.74) is 2.54. The average molecular weight is 340 g/mol. The summed E-state index contributed by atoms with van der Waals surface area (Å²) in [4.78, 5) is 15.9. The predicted octanol–water partition coefficient (Wildman–Crippen LogP) is 4.27. The third kappa shape index (κ3) is 3.74. The zero-order valence-corrected chi connectivity index (χ0v) is 14.2. The van der Waals surface area contributed by atoms with Gasteiger partial charge in [0.1, 0.15) is 11.6 Å². The van der Waals surface area contributed by atoms with Gasteiger partial charge in [-0.1, -0.05) is 23.4 Å². The van der Waals surface area contributed by atoms with Crippen LogP contribution >= 0.6 is 0 Å². The lowest BCUT2D eigenvalue weighted by atomic mass is 10.1. The van der Waals surface area contributed by atoms with Gasteiger partial charge in [-0.25, -0.2) is 4.39 Å². The van der Waals surface area contributed by atoms with Crippen LogP contribution < -0.4 is 4.74 Å². The van der Waals surface area contributed by atoms with E-state index in [1.807, 2.05) is 13.0 Å². The summed E-state index contributed by atoms with van der Waals surface area (Å²) in [5.74, 6) is 0.580. The second-order valence-corrected chi connectivity index (χ2v) is 5.82. The summed E-state index contributed by atoms with van der Waals surface area (Å²) in [6.45, 7) is 5.09. The van der Waals surface area contributed by atoms with Crippen LogP contribution in [0.3, 0.4) is 0 Å². The maximum Gasteiger partial charge on any atom is 0.264 e. The van der Waals surface area contributed by atoms with Crippen LogP contribution in [0.1, 0.15) is 34.3 Å². The van der Waals surface area contributed by atoms with Gasteiger partial charge >= 0.3 is 0 Å². The van der Waals surface area contributed by atoms with Crippen molar-refractivity contribution < 1.29 is 18.4 Å². The third-order valence-corrected chi connectivity index (χ3v) is 3.77. The van der Waals surface area contributed by atoms with Crippen molar-refractivity contribution in [1.82, 2.24) is 10.1 Å². The first-order valence-electron chi connectivity index (χ1n) is 7.77. The van der Waals surface area contributed by atoms with E-state index in [-0.39, 0.29) is 29.9 Å². The Kier molecular flexibility index (Phi) is 4.61. The number of carbonyl (C=O) groups excluding carboxylic acids is 1. The zero-order chi connectivity index (χ0) is 18.0. The van der Waals surface area contributed by atoms with Crippen molar-refractivity contribution in [2.75, 3.05) is 0 Å². The van der Waals surface area contributed by atoms with Gasteiger partial charge in [0.25, 0.3) is 5.89 Å². The molecule has 0 amide bonds. The lowest BCUT2D eigenvalue weighted by Gasteiger charge is -2.08. The number of Topliss-reactive ketones (excluding diaryl/α,β-unsaturated/α-hetero) is 1. The van der Waals surface area contributed by atoms with Crippen molar-refractivity contribution in [1.29, 1.82) is 0 Å². The highest BCUT2D eigenvalue weighted by Crippen LogP contribution is 2.23.